The first kappa shape index (κ1) is 13.8. The topological polar surface area (TPSA) is 115 Å². The molecule has 1 saturated heterocycles. The average Bonchev–Trinajstić information content (AvgIpc) is 2.37. The molecule has 0 amide bonds. The fourth-order valence-corrected chi connectivity index (χ4v) is 1.82. The van der Waals surface area contributed by atoms with Crippen LogP contribution >= 0.6 is 0 Å². The quantitative estimate of drug-likeness (QED) is 0.673. The van der Waals surface area contributed by atoms with Gasteiger partial charge in [-0.15, -0.1) is 0 Å². The molecule has 0 unspecified atom stereocenters. The lowest BCUT2D eigenvalue weighted by molar-refractivity contribution is -0.0544. The fourth-order valence-electron chi connectivity index (χ4n) is 1.82. The molecule has 2 heterocycles. The molecule has 1 aliphatic heterocycles. The molecule has 106 valence electrons. The predicted molar refractivity (Wildman–Crippen MR) is 68.9 cm³/mol. The molecule has 0 radical (unpaired) electrons. The zero-order valence-electron chi connectivity index (χ0n) is 10.9. The summed E-state index contributed by atoms with van der Waals surface area (Å²) in [5, 5.41) is 13.3. The summed E-state index contributed by atoms with van der Waals surface area (Å²) >= 11 is 0. The molecule has 0 spiro atoms. The van der Waals surface area contributed by atoms with Gasteiger partial charge in [0.2, 0.25) is 11.9 Å². The Morgan fingerprint density at radius 1 is 1.37 bits per heavy atom. The molecule has 1 fully saturated rings. The number of aromatic nitrogens is 3. The number of rotatable bonds is 5. The van der Waals surface area contributed by atoms with Crippen LogP contribution in [0.15, 0.2) is 0 Å². The molecule has 19 heavy (non-hydrogen) atoms. The van der Waals surface area contributed by atoms with Crippen LogP contribution in [0, 0.1) is 0 Å². The van der Waals surface area contributed by atoms with Gasteiger partial charge in [-0.3, -0.25) is 0 Å². The lowest BCUT2D eigenvalue weighted by Crippen LogP contribution is -2.42. The van der Waals surface area contributed by atoms with Gasteiger partial charge < -0.3 is 25.6 Å². The number of nitrogens with one attached hydrogen (secondary N) is 1. The van der Waals surface area contributed by atoms with Crippen LogP contribution in [0.3, 0.4) is 0 Å². The van der Waals surface area contributed by atoms with E-state index < -0.39 is 5.60 Å². The van der Waals surface area contributed by atoms with Gasteiger partial charge >= 0.3 is 6.01 Å². The van der Waals surface area contributed by atoms with E-state index in [4.69, 9.17) is 15.2 Å². The van der Waals surface area contributed by atoms with Crippen molar-refractivity contribution in [2.75, 3.05) is 37.4 Å². The maximum absolute atomic E-state index is 10.3. The van der Waals surface area contributed by atoms with Crippen molar-refractivity contribution < 1.29 is 14.6 Å². The molecule has 0 saturated carbocycles. The Morgan fingerprint density at radius 3 is 2.79 bits per heavy atom. The second-order valence-corrected chi connectivity index (χ2v) is 4.42. The Kier molecular flexibility index (Phi) is 4.33. The van der Waals surface area contributed by atoms with Crippen LogP contribution in [0.2, 0.25) is 0 Å². The Hall–Kier alpha value is -1.67. The molecule has 4 N–H and O–H groups in total. The van der Waals surface area contributed by atoms with E-state index in [1.165, 1.54) is 0 Å². The zero-order chi connectivity index (χ0) is 13.7. The molecule has 0 bridgehead atoms. The first-order valence-corrected chi connectivity index (χ1v) is 6.30. The van der Waals surface area contributed by atoms with Crippen molar-refractivity contribution >= 4 is 11.9 Å². The maximum Gasteiger partial charge on any atom is 0.323 e. The third kappa shape index (κ3) is 3.90. The van der Waals surface area contributed by atoms with Crippen molar-refractivity contribution in [3.63, 3.8) is 0 Å². The van der Waals surface area contributed by atoms with E-state index in [-0.39, 0.29) is 12.0 Å². The maximum atomic E-state index is 10.3. The van der Waals surface area contributed by atoms with Crippen LogP contribution < -0.4 is 15.8 Å². The monoisotopic (exact) mass is 269 g/mol. The third-order valence-electron chi connectivity index (χ3n) is 2.90. The molecular weight excluding hydrogens is 250 g/mol. The summed E-state index contributed by atoms with van der Waals surface area (Å²) in [5.41, 5.74) is 4.77. The van der Waals surface area contributed by atoms with E-state index >= 15 is 0 Å². The van der Waals surface area contributed by atoms with Gasteiger partial charge in [0, 0.05) is 32.6 Å². The van der Waals surface area contributed by atoms with Crippen molar-refractivity contribution in [3.05, 3.63) is 0 Å². The van der Waals surface area contributed by atoms with E-state index in [1.54, 1.807) is 0 Å². The van der Waals surface area contributed by atoms with Crippen LogP contribution in [0.4, 0.5) is 11.9 Å². The van der Waals surface area contributed by atoms with E-state index in [1.807, 2.05) is 6.92 Å². The molecule has 1 aliphatic rings. The molecule has 2 rings (SSSR count). The molecular formula is C11H19N5O3. The first-order valence-electron chi connectivity index (χ1n) is 6.30. The second-order valence-electron chi connectivity index (χ2n) is 4.42. The van der Waals surface area contributed by atoms with E-state index in [2.05, 4.69) is 20.3 Å². The predicted octanol–water partition coefficient (Wildman–Crippen LogP) is -0.194. The van der Waals surface area contributed by atoms with Gasteiger partial charge in [-0.25, -0.2) is 0 Å². The van der Waals surface area contributed by atoms with E-state index in [9.17, 15) is 5.11 Å². The minimum Gasteiger partial charge on any atom is -0.464 e. The van der Waals surface area contributed by atoms with Crippen LogP contribution in [-0.4, -0.2) is 52.0 Å². The minimum absolute atomic E-state index is 0.0833. The van der Waals surface area contributed by atoms with Gasteiger partial charge in [0.15, 0.2) is 0 Å². The van der Waals surface area contributed by atoms with E-state index in [0.29, 0.717) is 45.2 Å². The van der Waals surface area contributed by atoms with Gasteiger partial charge in [0.25, 0.3) is 0 Å². The average molecular weight is 269 g/mol. The minimum atomic E-state index is -0.800. The number of nitrogens with two attached hydrogens (primary N) is 1. The van der Waals surface area contributed by atoms with Crippen LogP contribution in [0.5, 0.6) is 6.01 Å². The van der Waals surface area contributed by atoms with Gasteiger partial charge in [0.1, 0.15) is 0 Å². The number of nitrogen functional groups attached to an aromatic ring is 1. The Bertz CT molecular complexity index is 423. The molecule has 8 nitrogen and oxygen atoms in total. The summed E-state index contributed by atoms with van der Waals surface area (Å²) in [4.78, 5) is 11.9. The Morgan fingerprint density at radius 2 is 2.11 bits per heavy atom. The highest BCUT2D eigenvalue weighted by Gasteiger charge is 2.29. The summed E-state index contributed by atoms with van der Waals surface area (Å²) in [6.07, 6.45) is 1.16. The SMILES string of the molecule is CCOc1nc(N)nc(NCC2(O)CCOCC2)n1. The summed E-state index contributed by atoms with van der Waals surface area (Å²) in [5.74, 6) is 0.385. The number of nitrogens with zero attached hydrogens (tertiary/aromatic N) is 3. The molecule has 1 aromatic rings. The summed E-state index contributed by atoms with van der Waals surface area (Å²) in [6, 6.07) is 0.177. The first-order chi connectivity index (χ1) is 9.11. The van der Waals surface area contributed by atoms with Crippen molar-refractivity contribution in [2.24, 2.45) is 0 Å². The van der Waals surface area contributed by atoms with Crippen LogP contribution in [-0.2, 0) is 4.74 Å². The van der Waals surface area contributed by atoms with Gasteiger partial charge in [-0.05, 0) is 6.92 Å². The lowest BCUT2D eigenvalue weighted by Gasteiger charge is -2.32. The summed E-state index contributed by atoms with van der Waals surface area (Å²) < 4.78 is 10.4. The Labute approximate surface area is 111 Å². The molecule has 0 atom stereocenters. The molecule has 1 aromatic heterocycles. The van der Waals surface area contributed by atoms with Crippen LogP contribution in [0.25, 0.3) is 0 Å². The standard InChI is InChI=1S/C11H19N5O3/c1-2-19-10-15-8(12)14-9(16-10)13-7-11(17)3-5-18-6-4-11/h17H,2-7H2,1H3,(H3,12,13,14,15,16). The van der Waals surface area contributed by atoms with Crippen molar-refractivity contribution in [1.82, 2.24) is 15.0 Å². The molecule has 8 heteroatoms. The highest BCUT2D eigenvalue weighted by molar-refractivity contribution is 5.33. The number of ether oxygens (including phenoxy) is 2. The highest BCUT2D eigenvalue weighted by atomic mass is 16.5. The van der Waals surface area contributed by atoms with Gasteiger partial charge in [-0.1, -0.05) is 0 Å². The Balaban J connectivity index is 1.98. The fraction of sp³-hybridized carbons (Fsp3) is 0.727. The second kappa shape index (κ2) is 5.98. The van der Waals surface area contributed by atoms with Gasteiger partial charge in [-0.2, -0.15) is 15.0 Å². The molecule has 0 aliphatic carbocycles. The number of hydrogen-bond acceptors (Lipinski definition) is 8. The van der Waals surface area contributed by atoms with Crippen molar-refractivity contribution in [1.29, 1.82) is 0 Å². The zero-order valence-corrected chi connectivity index (χ0v) is 10.9. The number of anilines is 2. The third-order valence-corrected chi connectivity index (χ3v) is 2.90. The normalized spacial score (nSPS) is 18.0. The van der Waals surface area contributed by atoms with Crippen molar-refractivity contribution in [2.45, 2.75) is 25.4 Å². The number of aliphatic hydroxyl groups is 1. The lowest BCUT2D eigenvalue weighted by atomic mass is 9.94. The number of hydrogen-bond donors (Lipinski definition) is 3. The van der Waals surface area contributed by atoms with Crippen LogP contribution in [0.1, 0.15) is 19.8 Å². The van der Waals surface area contributed by atoms with E-state index in [0.717, 1.165) is 0 Å². The summed E-state index contributed by atoms with van der Waals surface area (Å²) in [7, 11) is 0. The highest BCUT2D eigenvalue weighted by Crippen LogP contribution is 2.20. The summed E-state index contributed by atoms with van der Waals surface area (Å²) in [6.45, 7) is 3.73. The molecule has 0 aromatic carbocycles. The van der Waals surface area contributed by atoms with Gasteiger partial charge in [0.05, 0.1) is 12.2 Å². The largest absolute Gasteiger partial charge is 0.464 e. The smallest absolute Gasteiger partial charge is 0.323 e. The van der Waals surface area contributed by atoms with Crippen molar-refractivity contribution in [3.8, 4) is 6.01 Å².